The Kier molecular flexibility index (Phi) is 8.37. The van der Waals surface area contributed by atoms with Gasteiger partial charge < -0.3 is 19.6 Å². The lowest BCUT2D eigenvalue weighted by molar-refractivity contribution is -0.146. The number of para-hydroxylation sites is 1. The van der Waals surface area contributed by atoms with Gasteiger partial charge in [0.05, 0.1) is 17.7 Å². The van der Waals surface area contributed by atoms with Crippen LogP contribution in [0.2, 0.25) is 0 Å². The predicted molar refractivity (Wildman–Crippen MR) is 118 cm³/mol. The molecule has 0 fully saturated rings. The van der Waals surface area contributed by atoms with E-state index in [0.717, 1.165) is 0 Å². The van der Waals surface area contributed by atoms with Crippen molar-refractivity contribution in [3.8, 4) is 17.6 Å². The number of sulfone groups is 1. The van der Waals surface area contributed by atoms with Gasteiger partial charge in [-0.3, -0.25) is 4.79 Å². The summed E-state index contributed by atoms with van der Waals surface area (Å²) in [5.41, 5.74) is 0.279. The van der Waals surface area contributed by atoms with E-state index in [0.29, 0.717) is 5.75 Å². The quantitative estimate of drug-likeness (QED) is 0.451. The number of carbonyl (C=O) groups is 2. The molecule has 2 aromatic rings. The molecule has 0 saturated heterocycles. The van der Waals surface area contributed by atoms with Gasteiger partial charge >= 0.3 is 5.97 Å². The van der Waals surface area contributed by atoms with Crippen LogP contribution < -0.4 is 16.0 Å². The zero-order valence-electron chi connectivity index (χ0n) is 17.9. The zero-order chi connectivity index (χ0) is 23.8. The number of carbonyl (C=O) groups excluding carboxylic acids is 2. The summed E-state index contributed by atoms with van der Waals surface area (Å²) in [6, 6.07) is 12.0. The first-order valence-electron chi connectivity index (χ1n) is 9.36. The maximum absolute atomic E-state index is 13.5. The fourth-order valence-corrected chi connectivity index (χ4v) is 4.42. The molecule has 0 aliphatic rings. The summed E-state index contributed by atoms with van der Waals surface area (Å²) in [6.45, 7) is 1.23. The third-order valence-electron chi connectivity index (χ3n) is 4.68. The summed E-state index contributed by atoms with van der Waals surface area (Å²) in [6.07, 6.45) is -0.393. The Morgan fingerprint density at radius 2 is 1.72 bits per heavy atom. The van der Waals surface area contributed by atoms with Gasteiger partial charge in [0, 0.05) is 19.1 Å². The number of methoxy groups -OCH3 is 2. The van der Waals surface area contributed by atoms with Crippen molar-refractivity contribution in [3.63, 3.8) is 0 Å². The molecule has 10 heteroatoms. The average Bonchev–Trinajstić information content (AvgIpc) is 2.81. The van der Waals surface area contributed by atoms with Gasteiger partial charge in [-0.1, -0.05) is 24.0 Å². The molecule has 170 valence electrons. The lowest BCUT2D eigenvalue weighted by atomic mass is 10.1. The van der Waals surface area contributed by atoms with E-state index in [1.165, 1.54) is 51.5 Å². The number of amides is 1. The number of ether oxygens (including phenoxy) is 2. The first-order valence-corrected chi connectivity index (χ1v) is 10.8. The molecule has 3 N–H and O–H groups in total. The smallest absolute Gasteiger partial charge is 0.347 e. The summed E-state index contributed by atoms with van der Waals surface area (Å²) >= 11 is 0. The lowest BCUT2D eigenvalue weighted by Gasteiger charge is -2.25. The van der Waals surface area contributed by atoms with Gasteiger partial charge in [0.25, 0.3) is 5.91 Å². The topological polar surface area (TPSA) is 134 Å². The molecule has 0 bridgehead atoms. The fourth-order valence-electron chi connectivity index (χ4n) is 2.74. The maximum atomic E-state index is 13.5. The number of anilines is 1. The van der Waals surface area contributed by atoms with Crippen LogP contribution in [0.1, 0.15) is 23.7 Å². The van der Waals surface area contributed by atoms with E-state index in [1.807, 2.05) is 0 Å². The molecule has 0 heterocycles. The third kappa shape index (κ3) is 5.26. The molecule has 1 atom stereocenters. The molecular weight excluding hydrogens is 436 g/mol. The summed E-state index contributed by atoms with van der Waals surface area (Å²) in [5.74, 6) is 9.07. The second-order valence-electron chi connectivity index (χ2n) is 6.78. The van der Waals surface area contributed by atoms with Gasteiger partial charge in [0.1, 0.15) is 12.4 Å². The molecule has 0 aromatic heterocycles. The monoisotopic (exact) mass is 460 g/mol. The molecule has 0 aliphatic carbocycles. The van der Waals surface area contributed by atoms with E-state index in [1.54, 1.807) is 18.2 Å². The van der Waals surface area contributed by atoms with Crippen LogP contribution in [0.5, 0.6) is 5.75 Å². The predicted octanol–water partition coefficient (Wildman–Crippen LogP) is 1.94. The molecule has 0 spiro atoms. The van der Waals surface area contributed by atoms with Crippen molar-refractivity contribution in [2.75, 3.05) is 26.1 Å². The average molecular weight is 461 g/mol. The number of rotatable bonds is 8. The second kappa shape index (κ2) is 10.8. The van der Waals surface area contributed by atoms with Crippen molar-refractivity contribution in [1.29, 1.82) is 0 Å². The highest BCUT2D eigenvalue weighted by Crippen LogP contribution is 2.34. The van der Waals surface area contributed by atoms with Crippen molar-refractivity contribution >= 4 is 27.4 Å². The lowest BCUT2D eigenvalue weighted by Crippen LogP contribution is -2.46. The molecule has 1 unspecified atom stereocenters. The van der Waals surface area contributed by atoms with E-state index in [9.17, 15) is 18.0 Å². The summed E-state index contributed by atoms with van der Waals surface area (Å²) in [7, 11) is -1.47. The van der Waals surface area contributed by atoms with Gasteiger partial charge in [-0.25, -0.2) is 13.2 Å². The number of nitrogens with one attached hydrogen (secondary N) is 1. The number of hydrogen-bond acceptors (Lipinski definition) is 8. The minimum absolute atomic E-state index is 0.00536. The van der Waals surface area contributed by atoms with Crippen LogP contribution in [0.15, 0.2) is 53.4 Å². The number of nitrogens with two attached hydrogens (primary N) is 1. The molecule has 0 aliphatic heterocycles. The van der Waals surface area contributed by atoms with Gasteiger partial charge in [-0.15, -0.1) is 0 Å². The van der Waals surface area contributed by atoms with E-state index in [4.69, 9.17) is 15.4 Å². The molecule has 9 nitrogen and oxygen atoms in total. The first kappa shape index (κ1) is 24.9. The van der Waals surface area contributed by atoms with Gasteiger partial charge in [-0.2, -0.15) is 5.90 Å². The maximum Gasteiger partial charge on any atom is 0.347 e. The Morgan fingerprint density at radius 3 is 2.31 bits per heavy atom. The van der Waals surface area contributed by atoms with Crippen LogP contribution in [-0.4, -0.2) is 45.9 Å². The van der Waals surface area contributed by atoms with Crippen LogP contribution >= 0.6 is 0 Å². The van der Waals surface area contributed by atoms with Crippen molar-refractivity contribution < 1.29 is 32.3 Å². The van der Waals surface area contributed by atoms with Crippen LogP contribution in [0.3, 0.4) is 0 Å². The molecule has 2 aromatic carbocycles. The Hall–Kier alpha value is -3.39. The van der Waals surface area contributed by atoms with Gasteiger partial charge in [0.15, 0.2) is 14.6 Å². The third-order valence-corrected chi connectivity index (χ3v) is 7.11. The Morgan fingerprint density at radius 1 is 1.06 bits per heavy atom. The molecule has 32 heavy (non-hydrogen) atoms. The Balaban J connectivity index is 2.45. The van der Waals surface area contributed by atoms with Crippen molar-refractivity contribution in [2.45, 2.75) is 23.0 Å². The molecular formula is C22H24N2O7S. The highest BCUT2D eigenvalue weighted by molar-refractivity contribution is 7.93. The molecule has 0 saturated carbocycles. The second-order valence-corrected chi connectivity index (χ2v) is 9.13. The van der Waals surface area contributed by atoms with E-state index in [2.05, 4.69) is 22.0 Å². The van der Waals surface area contributed by atoms with Crippen molar-refractivity contribution in [2.24, 2.45) is 5.90 Å². The normalized spacial score (nSPS) is 12.6. The van der Waals surface area contributed by atoms with E-state index >= 15 is 0 Å². The van der Waals surface area contributed by atoms with Crippen LogP contribution in [0, 0.1) is 11.8 Å². The largest absolute Gasteiger partial charge is 0.497 e. The highest BCUT2D eigenvalue weighted by atomic mass is 32.2. The standard InChI is InChI=1S/C22H24N2O7S/c1-22(21(26)31-23,14-6-7-15-29-2)32(27,28)19-9-5-4-8-18(19)24-20(25)16-10-12-17(30-3)13-11-16/h4-5,8-13H,14-15,23H2,1-3H3,(H,24,25). The van der Waals surface area contributed by atoms with Crippen LogP contribution in [0.25, 0.3) is 0 Å². The fraction of sp³-hybridized carbons (Fsp3) is 0.273. The minimum atomic E-state index is -4.40. The summed E-state index contributed by atoms with van der Waals surface area (Å²) in [5, 5.41) is 2.58. The van der Waals surface area contributed by atoms with E-state index in [-0.39, 0.29) is 22.8 Å². The van der Waals surface area contributed by atoms with Gasteiger partial charge in [0.2, 0.25) is 0 Å². The van der Waals surface area contributed by atoms with E-state index < -0.39 is 32.9 Å². The summed E-state index contributed by atoms with van der Waals surface area (Å²) < 4.78 is 34.8. The molecule has 1 amide bonds. The van der Waals surface area contributed by atoms with Crippen LogP contribution in [0.4, 0.5) is 5.69 Å². The Bertz CT molecular complexity index is 1130. The van der Waals surface area contributed by atoms with Crippen molar-refractivity contribution in [1.82, 2.24) is 0 Å². The highest BCUT2D eigenvalue weighted by Gasteiger charge is 2.49. The summed E-state index contributed by atoms with van der Waals surface area (Å²) in [4.78, 5) is 29.1. The Labute approximate surface area is 186 Å². The SMILES string of the molecule is COCC#CCC(C)(C(=O)ON)S(=O)(=O)c1ccccc1NC(=O)c1ccc(OC)cc1. The zero-order valence-corrected chi connectivity index (χ0v) is 18.7. The number of hydrogen-bond donors (Lipinski definition) is 2. The van der Waals surface area contributed by atoms with Crippen LogP contribution in [-0.2, 0) is 24.2 Å². The molecule has 0 radical (unpaired) electrons. The number of benzene rings is 2. The van der Waals surface area contributed by atoms with Gasteiger partial charge in [-0.05, 0) is 43.3 Å². The molecule has 2 rings (SSSR count). The van der Waals surface area contributed by atoms with Crippen molar-refractivity contribution in [3.05, 3.63) is 54.1 Å². The minimum Gasteiger partial charge on any atom is -0.497 e. The first-order chi connectivity index (χ1) is 15.2.